The van der Waals surface area contributed by atoms with E-state index < -0.39 is 38.8 Å². The number of hydrogen-bond acceptors (Lipinski definition) is 7. The fraction of sp³-hybridized carbons (Fsp3) is 0.500. The van der Waals surface area contributed by atoms with Crippen LogP contribution in [0.1, 0.15) is 30.6 Å². The molecule has 0 aliphatic carbocycles. The second-order valence-corrected chi connectivity index (χ2v) is 8.26. The second-order valence-electron chi connectivity index (χ2n) is 6.04. The number of carbonyl (C=O) groups is 2. The van der Waals surface area contributed by atoms with Crippen molar-refractivity contribution in [2.45, 2.75) is 32.4 Å². The third-order valence-corrected chi connectivity index (χ3v) is 5.95. The lowest BCUT2D eigenvalue weighted by molar-refractivity contribution is -0.384. The van der Waals surface area contributed by atoms with Gasteiger partial charge in [-0.2, -0.15) is 0 Å². The Labute approximate surface area is 151 Å². The molecule has 0 saturated carbocycles. The highest BCUT2D eigenvalue weighted by molar-refractivity contribution is 7.91. The number of non-ortho nitro benzene ring substituents is 1. The maximum atomic E-state index is 12.6. The number of ether oxygens (including phenoxy) is 1. The third kappa shape index (κ3) is 4.57. The third-order valence-electron chi connectivity index (χ3n) is 4.20. The first-order valence-corrected chi connectivity index (χ1v) is 9.93. The molecule has 142 valence electrons. The van der Waals surface area contributed by atoms with Crippen molar-refractivity contribution in [3.05, 3.63) is 39.9 Å². The van der Waals surface area contributed by atoms with Crippen LogP contribution >= 0.6 is 0 Å². The standard InChI is InChI=1S/C16H20N2O7S/c1-3-17(14-7-8-26(23,24)10-14)15(19)11(2)25-16(20)12-5-4-6-13(9-12)18(21)22/h4-6,9,11,14H,3,7-8,10H2,1-2H3. The van der Waals surface area contributed by atoms with Gasteiger partial charge in [0.25, 0.3) is 11.6 Å². The molecule has 1 heterocycles. The zero-order valence-electron chi connectivity index (χ0n) is 14.5. The fourth-order valence-electron chi connectivity index (χ4n) is 2.87. The Bertz CT molecular complexity index is 822. The zero-order chi connectivity index (χ0) is 19.5. The summed E-state index contributed by atoms with van der Waals surface area (Å²) in [5.41, 5.74) is -0.296. The van der Waals surface area contributed by atoms with Crippen LogP contribution in [0.5, 0.6) is 0 Å². The van der Waals surface area contributed by atoms with Crippen LogP contribution < -0.4 is 0 Å². The minimum atomic E-state index is -3.15. The fourth-order valence-corrected chi connectivity index (χ4v) is 4.60. The normalized spacial score (nSPS) is 19.5. The lowest BCUT2D eigenvalue weighted by Gasteiger charge is -2.29. The van der Waals surface area contributed by atoms with Gasteiger partial charge in [0.2, 0.25) is 0 Å². The molecule has 9 nitrogen and oxygen atoms in total. The van der Waals surface area contributed by atoms with Crippen LogP contribution in [0.4, 0.5) is 5.69 Å². The smallest absolute Gasteiger partial charge is 0.339 e. The summed E-state index contributed by atoms with van der Waals surface area (Å²) in [5.74, 6) is -1.42. The number of esters is 1. The molecule has 2 atom stereocenters. The van der Waals surface area contributed by atoms with E-state index in [2.05, 4.69) is 0 Å². The number of likely N-dealkylation sites (N-methyl/N-ethyl adjacent to an activating group) is 1. The maximum absolute atomic E-state index is 12.6. The summed E-state index contributed by atoms with van der Waals surface area (Å²) >= 11 is 0. The quantitative estimate of drug-likeness (QED) is 0.410. The number of nitrogens with zero attached hydrogens (tertiary/aromatic N) is 2. The van der Waals surface area contributed by atoms with Crippen LogP contribution in [-0.2, 0) is 19.4 Å². The van der Waals surface area contributed by atoms with Gasteiger partial charge in [0.1, 0.15) is 0 Å². The molecular weight excluding hydrogens is 364 g/mol. The van der Waals surface area contributed by atoms with Gasteiger partial charge in [-0.3, -0.25) is 14.9 Å². The largest absolute Gasteiger partial charge is 0.449 e. The maximum Gasteiger partial charge on any atom is 0.339 e. The lowest BCUT2D eigenvalue weighted by Crippen LogP contribution is -2.46. The predicted octanol–water partition coefficient (Wildman–Crippen LogP) is 1.18. The zero-order valence-corrected chi connectivity index (χ0v) is 15.3. The van der Waals surface area contributed by atoms with Crippen LogP contribution in [0.2, 0.25) is 0 Å². The Kier molecular flexibility index (Phi) is 5.96. The van der Waals surface area contributed by atoms with Gasteiger partial charge in [-0.15, -0.1) is 0 Å². The molecule has 0 aromatic heterocycles. The molecule has 2 rings (SSSR count). The molecule has 0 spiro atoms. The number of amides is 1. The molecule has 0 radical (unpaired) electrons. The van der Waals surface area contributed by atoms with Crippen molar-refractivity contribution >= 4 is 27.4 Å². The van der Waals surface area contributed by atoms with Gasteiger partial charge in [-0.1, -0.05) is 6.07 Å². The minimum absolute atomic E-state index is 0.0310. The number of sulfone groups is 1. The van der Waals surface area contributed by atoms with Gasteiger partial charge in [0.15, 0.2) is 15.9 Å². The lowest BCUT2D eigenvalue weighted by atomic mass is 10.2. The van der Waals surface area contributed by atoms with E-state index in [1.165, 1.54) is 30.0 Å². The molecule has 10 heteroatoms. The average molecular weight is 384 g/mol. The predicted molar refractivity (Wildman–Crippen MR) is 92.4 cm³/mol. The van der Waals surface area contributed by atoms with Crippen molar-refractivity contribution < 1.29 is 27.7 Å². The topological polar surface area (TPSA) is 124 Å². The van der Waals surface area contributed by atoms with E-state index in [9.17, 15) is 28.1 Å². The molecule has 2 unspecified atom stereocenters. The van der Waals surface area contributed by atoms with E-state index >= 15 is 0 Å². The van der Waals surface area contributed by atoms with Crippen molar-refractivity contribution in [1.29, 1.82) is 0 Å². The molecule has 0 bridgehead atoms. The summed E-state index contributed by atoms with van der Waals surface area (Å²) < 4.78 is 28.4. The Morgan fingerprint density at radius 1 is 1.42 bits per heavy atom. The Hall–Kier alpha value is -2.49. The van der Waals surface area contributed by atoms with Crippen molar-refractivity contribution in [3.63, 3.8) is 0 Å². The van der Waals surface area contributed by atoms with Gasteiger partial charge in [0.05, 0.1) is 22.0 Å². The first kappa shape index (κ1) is 19.8. The van der Waals surface area contributed by atoms with E-state index in [1.807, 2.05) is 0 Å². The van der Waals surface area contributed by atoms with Crippen molar-refractivity contribution in [2.75, 3.05) is 18.1 Å². The van der Waals surface area contributed by atoms with E-state index in [1.54, 1.807) is 6.92 Å². The van der Waals surface area contributed by atoms with Crippen LogP contribution in [0.25, 0.3) is 0 Å². The number of benzene rings is 1. The number of nitro benzene ring substituents is 1. The highest BCUT2D eigenvalue weighted by Crippen LogP contribution is 2.20. The first-order chi connectivity index (χ1) is 12.1. The average Bonchev–Trinajstić information content (AvgIpc) is 2.95. The molecule has 1 amide bonds. The van der Waals surface area contributed by atoms with Crippen LogP contribution in [0.3, 0.4) is 0 Å². The molecule has 0 N–H and O–H groups in total. The summed E-state index contributed by atoms with van der Waals surface area (Å²) in [6.45, 7) is 3.40. The SMILES string of the molecule is CCN(C(=O)C(C)OC(=O)c1cccc([N+](=O)[O-])c1)C1CCS(=O)(=O)C1. The van der Waals surface area contributed by atoms with E-state index in [0.717, 1.165) is 6.07 Å². The molecule has 26 heavy (non-hydrogen) atoms. The molecule has 1 aromatic rings. The Morgan fingerprint density at radius 3 is 2.65 bits per heavy atom. The van der Waals surface area contributed by atoms with Crippen molar-refractivity contribution in [3.8, 4) is 0 Å². The van der Waals surface area contributed by atoms with Crippen LogP contribution in [0, 0.1) is 10.1 Å². The van der Waals surface area contributed by atoms with Crippen molar-refractivity contribution in [2.24, 2.45) is 0 Å². The molecular formula is C16H20N2O7S. The van der Waals surface area contributed by atoms with Gasteiger partial charge in [-0.25, -0.2) is 13.2 Å². The van der Waals surface area contributed by atoms with E-state index in [0.29, 0.717) is 6.42 Å². The van der Waals surface area contributed by atoms with Crippen molar-refractivity contribution in [1.82, 2.24) is 4.90 Å². The van der Waals surface area contributed by atoms with E-state index in [4.69, 9.17) is 4.74 Å². The highest BCUT2D eigenvalue weighted by atomic mass is 32.2. The van der Waals surface area contributed by atoms with Gasteiger partial charge in [-0.05, 0) is 26.3 Å². The second kappa shape index (κ2) is 7.81. The minimum Gasteiger partial charge on any atom is -0.449 e. The first-order valence-electron chi connectivity index (χ1n) is 8.11. The Morgan fingerprint density at radius 2 is 2.12 bits per heavy atom. The Balaban J connectivity index is 2.06. The summed E-state index contributed by atoms with van der Waals surface area (Å²) in [5, 5.41) is 10.8. The molecule has 1 aromatic carbocycles. The van der Waals surface area contributed by atoms with Crippen LogP contribution in [-0.4, -0.2) is 60.3 Å². The number of rotatable bonds is 6. The summed E-state index contributed by atoms with van der Waals surface area (Å²) in [6, 6.07) is 4.58. The number of hydrogen-bond donors (Lipinski definition) is 0. The highest BCUT2D eigenvalue weighted by Gasteiger charge is 2.36. The summed E-state index contributed by atoms with van der Waals surface area (Å²) in [7, 11) is -3.15. The molecule has 1 saturated heterocycles. The van der Waals surface area contributed by atoms with Gasteiger partial charge < -0.3 is 9.64 Å². The molecule has 1 aliphatic rings. The van der Waals surface area contributed by atoms with E-state index in [-0.39, 0.29) is 29.3 Å². The molecule has 1 fully saturated rings. The number of carbonyl (C=O) groups excluding carboxylic acids is 2. The van der Waals surface area contributed by atoms with Gasteiger partial charge in [0, 0.05) is 24.7 Å². The van der Waals surface area contributed by atoms with Crippen LogP contribution in [0.15, 0.2) is 24.3 Å². The summed E-state index contributed by atoms with van der Waals surface area (Å²) in [6.07, 6.45) is -0.780. The molecule has 1 aliphatic heterocycles. The number of nitro groups is 1. The van der Waals surface area contributed by atoms with Gasteiger partial charge >= 0.3 is 5.97 Å². The monoisotopic (exact) mass is 384 g/mol. The summed E-state index contributed by atoms with van der Waals surface area (Å²) in [4.78, 5) is 36.3.